The van der Waals surface area contributed by atoms with Gasteiger partial charge in [-0.05, 0) is 48.9 Å². The monoisotopic (exact) mass is 417 g/mol. The number of aromatic nitrogens is 2. The van der Waals surface area contributed by atoms with Crippen molar-refractivity contribution >= 4 is 44.5 Å². The smallest absolute Gasteiger partial charge is 0.261 e. The number of sulfonamides is 1. The SMILES string of the molecule is Cc1ccc(S(=O)(=O)Nc2ccc(Nc3cc(N(C)C)cnn3)cc2)cc1Cl. The normalized spacial score (nSPS) is 11.1. The molecule has 0 saturated heterocycles. The Balaban J connectivity index is 1.73. The quantitative estimate of drug-likeness (QED) is 0.629. The van der Waals surface area contributed by atoms with Gasteiger partial charge in [0.25, 0.3) is 10.0 Å². The molecule has 1 aromatic heterocycles. The van der Waals surface area contributed by atoms with Gasteiger partial charge in [0, 0.05) is 36.6 Å². The molecule has 1 heterocycles. The van der Waals surface area contributed by atoms with Crippen LogP contribution in [0.4, 0.5) is 22.9 Å². The van der Waals surface area contributed by atoms with Gasteiger partial charge < -0.3 is 10.2 Å². The maximum atomic E-state index is 12.5. The summed E-state index contributed by atoms with van der Waals surface area (Å²) in [6.07, 6.45) is 1.67. The van der Waals surface area contributed by atoms with Crippen LogP contribution in [0.5, 0.6) is 0 Å². The van der Waals surface area contributed by atoms with Gasteiger partial charge in [-0.15, -0.1) is 5.10 Å². The molecule has 0 spiro atoms. The zero-order valence-electron chi connectivity index (χ0n) is 15.6. The molecule has 2 aromatic carbocycles. The van der Waals surface area contributed by atoms with Crippen molar-refractivity contribution in [3.8, 4) is 0 Å². The Morgan fingerprint density at radius 2 is 1.68 bits per heavy atom. The predicted octanol–water partition coefficient (Wildman–Crippen LogP) is 4.05. The van der Waals surface area contributed by atoms with Crippen LogP contribution in [-0.4, -0.2) is 32.7 Å². The van der Waals surface area contributed by atoms with Crippen LogP contribution in [0.2, 0.25) is 5.02 Å². The van der Waals surface area contributed by atoms with E-state index in [2.05, 4.69) is 20.2 Å². The Kier molecular flexibility index (Phi) is 5.71. The summed E-state index contributed by atoms with van der Waals surface area (Å²) in [6.45, 7) is 1.82. The Hall–Kier alpha value is -2.84. The molecule has 0 aliphatic rings. The first-order valence-corrected chi connectivity index (χ1v) is 10.3. The molecular formula is C19H20ClN5O2S. The Morgan fingerprint density at radius 3 is 2.32 bits per heavy atom. The molecule has 0 radical (unpaired) electrons. The third-order valence-electron chi connectivity index (χ3n) is 4.02. The number of nitrogens with one attached hydrogen (secondary N) is 2. The van der Waals surface area contributed by atoms with Gasteiger partial charge in [-0.1, -0.05) is 17.7 Å². The van der Waals surface area contributed by atoms with Crippen LogP contribution in [-0.2, 0) is 10.0 Å². The Morgan fingerprint density at radius 1 is 1.00 bits per heavy atom. The van der Waals surface area contributed by atoms with Crippen LogP contribution in [0.25, 0.3) is 0 Å². The minimum atomic E-state index is -3.72. The molecule has 0 saturated carbocycles. The van der Waals surface area contributed by atoms with Crippen LogP contribution in [0.1, 0.15) is 5.56 Å². The zero-order valence-corrected chi connectivity index (χ0v) is 17.2. The predicted molar refractivity (Wildman–Crippen MR) is 113 cm³/mol. The van der Waals surface area contributed by atoms with Gasteiger partial charge in [-0.2, -0.15) is 5.10 Å². The highest BCUT2D eigenvalue weighted by Gasteiger charge is 2.15. The van der Waals surface area contributed by atoms with Gasteiger partial charge in [0.15, 0.2) is 5.82 Å². The molecule has 9 heteroatoms. The number of hydrogen-bond acceptors (Lipinski definition) is 6. The molecule has 0 atom stereocenters. The van der Waals surface area contributed by atoms with Crippen molar-refractivity contribution in [3.63, 3.8) is 0 Å². The molecule has 0 fully saturated rings. The van der Waals surface area contributed by atoms with Crippen LogP contribution >= 0.6 is 11.6 Å². The van der Waals surface area contributed by atoms with Crippen molar-refractivity contribution in [2.75, 3.05) is 29.0 Å². The van der Waals surface area contributed by atoms with Gasteiger partial charge in [-0.3, -0.25) is 4.72 Å². The molecule has 0 unspecified atom stereocenters. The Labute approximate surface area is 169 Å². The highest BCUT2D eigenvalue weighted by atomic mass is 35.5. The van der Waals surface area contributed by atoms with Crippen LogP contribution in [0.15, 0.2) is 59.6 Å². The fourth-order valence-electron chi connectivity index (χ4n) is 2.39. The molecule has 0 aliphatic heterocycles. The summed E-state index contributed by atoms with van der Waals surface area (Å²) in [6, 6.07) is 13.3. The number of aryl methyl sites for hydroxylation is 1. The van der Waals surface area contributed by atoms with Crippen molar-refractivity contribution in [2.24, 2.45) is 0 Å². The van der Waals surface area contributed by atoms with Gasteiger partial charge in [-0.25, -0.2) is 8.42 Å². The van der Waals surface area contributed by atoms with Crippen LogP contribution in [0.3, 0.4) is 0 Å². The largest absolute Gasteiger partial charge is 0.376 e. The number of nitrogens with zero attached hydrogens (tertiary/aromatic N) is 3. The lowest BCUT2D eigenvalue weighted by atomic mass is 10.2. The maximum absolute atomic E-state index is 12.5. The third-order valence-corrected chi connectivity index (χ3v) is 5.81. The molecule has 28 heavy (non-hydrogen) atoms. The second-order valence-electron chi connectivity index (χ2n) is 6.41. The fraction of sp³-hybridized carbons (Fsp3) is 0.158. The summed E-state index contributed by atoms with van der Waals surface area (Å²) in [5, 5.41) is 11.5. The molecular weight excluding hydrogens is 398 g/mol. The van der Waals surface area contributed by atoms with E-state index in [9.17, 15) is 8.42 Å². The molecule has 0 amide bonds. The lowest BCUT2D eigenvalue weighted by Gasteiger charge is -2.13. The fourth-order valence-corrected chi connectivity index (χ4v) is 3.72. The summed E-state index contributed by atoms with van der Waals surface area (Å²) < 4.78 is 27.6. The van der Waals surface area contributed by atoms with E-state index >= 15 is 0 Å². The third kappa shape index (κ3) is 4.71. The lowest BCUT2D eigenvalue weighted by Crippen LogP contribution is -2.13. The first kappa shape index (κ1) is 19.9. The standard InChI is InChI=1S/C19H20ClN5O2S/c1-13-4-9-17(11-18(13)20)28(26,27)24-15-7-5-14(6-8-15)22-19-10-16(25(2)3)12-21-23-19/h4-12,24H,1-3H3,(H,22,23). The maximum Gasteiger partial charge on any atom is 0.261 e. The van der Waals surface area contributed by atoms with Crippen molar-refractivity contribution in [3.05, 3.63) is 65.3 Å². The summed E-state index contributed by atoms with van der Waals surface area (Å²) in [4.78, 5) is 2.04. The van der Waals surface area contributed by atoms with Crippen molar-refractivity contribution < 1.29 is 8.42 Å². The summed E-state index contributed by atoms with van der Waals surface area (Å²) in [7, 11) is 0.117. The van der Waals surface area contributed by atoms with Gasteiger partial charge >= 0.3 is 0 Å². The highest BCUT2D eigenvalue weighted by molar-refractivity contribution is 7.92. The zero-order chi connectivity index (χ0) is 20.3. The van der Waals surface area contributed by atoms with E-state index in [4.69, 9.17) is 11.6 Å². The van der Waals surface area contributed by atoms with Crippen LogP contribution in [0, 0.1) is 6.92 Å². The molecule has 0 bridgehead atoms. The van der Waals surface area contributed by atoms with Crippen molar-refractivity contribution in [1.29, 1.82) is 0 Å². The van der Waals surface area contributed by atoms with E-state index in [0.29, 0.717) is 16.5 Å². The molecule has 3 aromatic rings. The van der Waals surface area contributed by atoms with E-state index < -0.39 is 10.0 Å². The summed E-state index contributed by atoms with van der Waals surface area (Å²) in [5.74, 6) is 0.592. The number of halogens is 1. The van der Waals surface area contributed by atoms with E-state index in [1.54, 1.807) is 36.5 Å². The second-order valence-corrected chi connectivity index (χ2v) is 8.50. The number of hydrogen-bond donors (Lipinski definition) is 2. The van der Waals surface area contributed by atoms with Gasteiger partial charge in [0.1, 0.15) is 0 Å². The first-order valence-electron chi connectivity index (χ1n) is 8.41. The summed E-state index contributed by atoms with van der Waals surface area (Å²) >= 11 is 6.04. The molecule has 146 valence electrons. The average Bonchev–Trinajstić information content (AvgIpc) is 2.65. The number of benzene rings is 2. The topological polar surface area (TPSA) is 87.2 Å². The van der Waals surface area contributed by atoms with E-state index in [1.807, 2.05) is 32.0 Å². The summed E-state index contributed by atoms with van der Waals surface area (Å²) in [5.41, 5.74) is 2.93. The van der Waals surface area contributed by atoms with Gasteiger partial charge in [0.05, 0.1) is 16.8 Å². The number of rotatable bonds is 6. The average molecular weight is 418 g/mol. The second kappa shape index (κ2) is 8.04. The van der Waals surface area contributed by atoms with E-state index in [1.165, 1.54) is 12.1 Å². The minimum absolute atomic E-state index is 0.112. The highest BCUT2D eigenvalue weighted by Crippen LogP contribution is 2.24. The number of anilines is 4. The van der Waals surface area contributed by atoms with Gasteiger partial charge in [0.2, 0.25) is 0 Å². The molecule has 7 nitrogen and oxygen atoms in total. The first-order chi connectivity index (χ1) is 13.2. The molecule has 2 N–H and O–H groups in total. The minimum Gasteiger partial charge on any atom is -0.376 e. The van der Waals surface area contributed by atoms with E-state index in [0.717, 1.165) is 16.9 Å². The lowest BCUT2D eigenvalue weighted by molar-refractivity contribution is 0.601. The molecule has 3 rings (SSSR count). The van der Waals surface area contributed by atoms with Crippen molar-refractivity contribution in [1.82, 2.24) is 10.2 Å². The molecule has 0 aliphatic carbocycles. The van der Waals surface area contributed by atoms with Crippen molar-refractivity contribution in [2.45, 2.75) is 11.8 Å². The van der Waals surface area contributed by atoms with E-state index in [-0.39, 0.29) is 4.90 Å². The van der Waals surface area contributed by atoms with Crippen LogP contribution < -0.4 is 14.9 Å². The Bertz CT molecular complexity index is 1090.